The molecular weight excluding hydrogens is 244 g/mol. The molecule has 0 saturated carbocycles. The Balaban J connectivity index is 1.89. The van der Waals surface area contributed by atoms with Gasteiger partial charge in [-0.1, -0.05) is 6.07 Å². The third kappa shape index (κ3) is 8.67. The van der Waals surface area contributed by atoms with E-state index in [4.69, 9.17) is 14.2 Å². The Hall–Kier alpha value is -1.01. The number of aromatic nitrogens is 1. The van der Waals surface area contributed by atoms with Gasteiger partial charge in [0.25, 0.3) is 0 Å². The van der Waals surface area contributed by atoms with Crippen molar-refractivity contribution in [3.63, 3.8) is 0 Å². The first-order valence-electron chi connectivity index (χ1n) is 6.60. The molecule has 0 amide bonds. The zero-order valence-electron chi connectivity index (χ0n) is 11.9. The van der Waals surface area contributed by atoms with Gasteiger partial charge in [0, 0.05) is 25.9 Å². The van der Waals surface area contributed by atoms with E-state index in [1.165, 1.54) is 0 Å². The molecule has 1 rings (SSSR count). The SMILES string of the molecule is COCCOCCOCCNCc1cccc(C)n1. The van der Waals surface area contributed by atoms with Crippen LogP contribution in [-0.4, -0.2) is 51.7 Å². The Morgan fingerprint density at radius 2 is 1.79 bits per heavy atom. The molecular formula is C14H24N2O3. The summed E-state index contributed by atoms with van der Waals surface area (Å²) in [6.45, 7) is 6.75. The van der Waals surface area contributed by atoms with Crippen molar-refractivity contribution >= 4 is 0 Å². The van der Waals surface area contributed by atoms with E-state index in [9.17, 15) is 0 Å². The highest BCUT2D eigenvalue weighted by Crippen LogP contribution is 1.96. The van der Waals surface area contributed by atoms with Gasteiger partial charge in [0.1, 0.15) is 0 Å². The molecule has 0 bridgehead atoms. The number of ether oxygens (including phenoxy) is 3. The second kappa shape index (κ2) is 10.9. The summed E-state index contributed by atoms with van der Waals surface area (Å²) in [6.07, 6.45) is 0. The first kappa shape index (κ1) is 16.0. The van der Waals surface area contributed by atoms with Crippen LogP contribution in [0.25, 0.3) is 0 Å². The Kier molecular flexibility index (Phi) is 9.18. The first-order chi connectivity index (χ1) is 9.33. The van der Waals surface area contributed by atoms with Crippen LogP contribution in [0, 0.1) is 6.92 Å². The molecule has 0 aliphatic heterocycles. The second-order valence-electron chi connectivity index (χ2n) is 4.16. The normalized spacial score (nSPS) is 10.8. The topological polar surface area (TPSA) is 52.6 Å². The number of hydrogen-bond acceptors (Lipinski definition) is 5. The molecule has 0 aliphatic rings. The third-order valence-corrected chi connectivity index (χ3v) is 2.48. The second-order valence-corrected chi connectivity index (χ2v) is 4.16. The number of pyridine rings is 1. The smallest absolute Gasteiger partial charge is 0.0701 e. The fraction of sp³-hybridized carbons (Fsp3) is 0.643. The van der Waals surface area contributed by atoms with Gasteiger partial charge in [-0.15, -0.1) is 0 Å². The summed E-state index contributed by atoms with van der Waals surface area (Å²) in [4.78, 5) is 4.41. The lowest BCUT2D eigenvalue weighted by Crippen LogP contribution is -2.21. The number of aryl methyl sites for hydroxylation is 1. The molecule has 0 fully saturated rings. The van der Waals surface area contributed by atoms with Gasteiger partial charge < -0.3 is 19.5 Å². The molecule has 5 heteroatoms. The molecule has 0 saturated heterocycles. The third-order valence-electron chi connectivity index (χ3n) is 2.48. The summed E-state index contributed by atoms with van der Waals surface area (Å²) in [5.74, 6) is 0. The van der Waals surface area contributed by atoms with E-state index in [-0.39, 0.29) is 0 Å². The van der Waals surface area contributed by atoms with Gasteiger partial charge in [-0.05, 0) is 19.1 Å². The highest BCUT2D eigenvalue weighted by Gasteiger charge is 1.94. The minimum atomic E-state index is 0.614. The predicted octanol–water partition coefficient (Wildman–Crippen LogP) is 1.16. The Bertz CT molecular complexity index is 334. The van der Waals surface area contributed by atoms with E-state index in [1.54, 1.807) is 7.11 Å². The predicted molar refractivity (Wildman–Crippen MR) is 74.2 cm³/mol. The van der Waals surface area contributed by atoms with Crippen LogP contribution in [0.15, 0.2) is 18.2 Å². The van der Waals surface area contributed by atoms with Gasteiger partial charge >= 0.3 is 0 Å². The van der Waals surface area contributed by atoms with Gasteiger partial charge in [-0.25, -0.2) is 0 Å². The summed E-state index contributed by atoms with van der Waals surface area (Å²) in [6, 6.07) is 6.04. The molecule has 0 radical (unpaired) electrons. The van der Waals surface area contributed by atoms with Gasteiger partial charge in [0.15, 0.2) is 0 Å². The minimum Gasteiger partial charge on any atom is -0.382 e. The fourth-order valence-corrected chi connectivity index (χ4v) is 1.52. The van der Waals surface area contributed by atoms with Crippen LogP contribution in [0.4, 0.5) is 0 Å². The molecule has 5 nitrogen and oxygen atoms in total. The van der Waals surface area contributed by atoms with Crippen molar-refractivity contribution in [2.75, 3.05) is 46.7 Å². The van der Waals surface area contributed by atoms with Gasteiger partial charge in [0.05, 0.1) is 38.7 Å². The lowest BCUT2D eigenvalue weighted by molar-refractivity contribution is 0.0255. The van der Waals surface area contributed by atoms with E-state index in [1.807, 2.05) is 25.1 Å². The molecule has 1 N–H and O–H groups in total. The van der Waals surface area contributed by atoms with Crippen LogP contribution < -0.4 is 5.32 Å². The zero-order valence-corrected chi connectivity index (χ0v) is 11.9. The highest BCUT2D eigenvalue weighted by molar-refractivity contribution is 5.09. The van der Waals surface area contributed by atoms with E-state index in [0.717, 1.165) is 24.5 Å². The number of rotatable bonds is 11. The maximum atomic E-state index is 5.43. The minimum absolute atomic E-state index is 0.614. The highest BCUT2D eigenvalue weighted by atomic mass is 16.5. The van der Waals surface area contributed by atoms with Crippen molar-refractivity contribution in [2.24, 2.45) is 0 Å². The largest absolute Gasteiger partial charge is 0.382 e. The van der Waals surface area contributed by atoms with Crippen LogP contribution >= 0.6 is 0 Å². The Morgan fingerprint density at radius 1 is 1.05 bits per heavy atom. The molecule has 0 spiro atoms. The van der Waals surface area contributed by atoms with Crippen LogP contribution in [0.2, 0.25) is 0 Å². The standard InChI is InChI=1S/C14H24N2O3/c1-13-4-3-5-14(16-13)12-15-6-7-18-10-11-19-9-8-17-2/h3-5,15H,6-12H2,1-2H3. The van der Waals surface area contributed by atoms with Crippen molar-refractivity contribution in [3.05, 3.63) is 29.6 Å². The zero-order chi connectivity index (χ0) is 13.8. The quantitative estimate of drug-likeness (QED) is 0.610. The first-order valence-corrected chi connectivity index (χ1v) is 6.60. The van der Waals surface area contributed by atoms with Crippen molar-refractivity contribution in [1.29, 1.82) is 0 Å². The van der Waals surface area contributed by atoms with E-state index >= 15 is 0 Å². The number of nitrogens with one attached hydrogen (secondary N) is 1. The van der Waals surface area contributed by atoms with E-state index in [2.05, 4.69) is 10.3 Å². The summed E-state index contributed by atoms with van der Waals surface area (Å²) >= 11 is 0. The van der Waals surface area contributed by atoms with Crippen molar-refractivity contribution < 1.29 is 14.2 Å². The summed E-state index contributed by atoms with van der Waals surface area (Å²) in [7, 11) is 1.66. The monoisotopic (exact) mass is 268 g/mol. The van der Waals surface area contributed by atoms with Gasteiger partial charge in [-0.2, -0.15) is 0 Å². The van der Waals surface area contributed by atoms with Crippen LogP contribution in [0.3, 0.4) is 0 Å². The van der Waals surface area contributed by atoms with Crippen LogP contribution in [0.1, 0.15) is 11.4 Å². The summed E-state index contributed by atoms with van der Waals surface area (Å²) in [5, 5.41) is 3.29. The number of nitrogens with zero attached hydrogens (tertiary/aromatic N) is 1. The average Bonchev–Trinajstić information content (AvgIpc) is 2.41. The molecule has 0 aliphatic carbocycles. The average molecular weight is 268 g/mol. The Labute approximate surface area is 115 Å². The van der Waals surface area contributed by atoms with E-state index < -0.39 is 0 Å². The van der Waals surface area contributed by atoms with Crippen LogP contribution in [0.5, 0.6) is 0 Å². The van der Waals surface area contributed by atoms with Gasteiger partial charge in [0.2, 0.25) is 0 Å². The molecule has 1 aromatic rings. The molecule has 1 heterocycles. The molecule has 0 aromatic carbocycles. The molecule has 19 heavy (non-hydrogen) atoms. The van der Waals surface area contributed by atoms with Crippen molar-refractivity contribution in [3.8, 4) is 0 Å². The number of hydrogen-bond donors (Lipinski definition) is 1. The molecule has 1 aromatic heterocycles. The number of methoxy groups -OCH3 is 1. The van der Waals surface area contributed by atoms with Crippen molar-refractivity contribution in [2.45, 2.75) is 13.5 Å². The van der Waals surface area contributed by atoms with Crippen LogP contribution in [-0.2, 0) is 20.8 Å². The lowest BCUT2D eigenvalue weighted by Gasteiger charge is -2.07. The summed E-state index contributed by atoms with van der Waals surface area (Å²) < 4.78 is 15.6. The molecule has 108 valence electrons. The van der Waals surface area contributed by atoms with Crippen molar-refractivity contribution in [1.82, 2.24) is 10.3 Å². The maximum Gasteiger partial charge on any atom is 0.0701 e. The molecule has 0 unspecified atom stereocenters. The van der Waals surface area contributed by atoms with E-state index in [0.29, 0.717) is 33.0 Å². The molecule has 0 atom stereocenters. The summed E-state index contributed by atoms with van der Waals surface area (Å²) in [5.41, 5.74) is 2.10. The lowest BCUT2D eigenvalue weighted by atomic mass is 10.3. The maximum absolute atomic E-state index is 5.43. The Morgan fingerprint density at radius 3 is 2.53 bits per heavy atom. The fourth-order valence-electron chi connectivity index (χ4n) is 1.52. The van der Waals surface area contributed by atoms with Gasteiger partial charge in [-0.3, -0.25) is 4.98 Å².